The van der Waals surface area contributed by atoms with Crippen molar-refractivity contribution in [3.63, 3.8) is 0 Å². The SMILES string of the molecule is CC(C)C[C@H]1CCCC1=O. The number of carbonyl (C=O) groups is 1. The molecule has 0 radical (unpaired) electrons. The van der Waals surface area contributed by atoms with Crippen LogP contribution in [-0.4, -0.2) is 5.78 Å². The molecule has 1 atom stereocenters. The van der Waals surface area contributed by atoms with E-state index in [-0.39, 0.29) is 0 Å². The first-order chi connectivity index (χ1) is 4.70. The van der Waals surface area contributed by atoms with Gasteiger partial charge in [0, 0.05) is 12.3 Å². The molecule has 0 unspecified atom stereocenters. The van der Waals surface area contributed by atoms with Crippen LogP contribution in [0.1, 0.15) is 39.5 Å². The number of ketones is 1. The van der Waals surface area contributed by atoms with Gasteiger partial charge in [-0.3, -0.25) is 4.79 Å². The lowest BCUT2D eigenvalue weighted by Crippen LogP contribution is -2.08. The van der Waals surface area contributed by atoms with Crippen molar-refractivity contribution in [3.05, 3.63) is 0 Å². The summed E-state index contributed by atoms with van der Waals surface area (Å²) in [6.45, 7) is 4.37. The van der Waals surface area contributed by atoms with E-state index in [0.717, 1.165) is 25.7 Å². The predicted molar refractivity (Wildman–Crippen MR) is 41.8 cm³/mol. The largest absolute Gasteiger partial charge is 0.299 e. The van der Waals surface area contributed by atoms with Crippen LogP contribution in [0.25, 0.3) is 0 Å². The van der Waals surface area contributed by atoms with E-state index < -0.39 is 0 Å². The average molecular weight is 140 g/mol. The maximum absolute atomic E-state index is 11.1. The van der Waals surface area contributed by atoms with Crippen LogP contribution in [0.15, 0.2) is 0 Å². The van der Waals surface area contributed by atoms with Crippen LogP contribution in [0.3, 0.4) is 0 Å². The standard InChI is InChI=1S/C9H16O/c1-7(2)6-8-4-3-5-9(8)10/h7-8H,3-6H2,1-2H3/t8-/m1/s1. The van der Waals surface area contributed by atoms with E-state index in [4.69, 9.17) is 0 Å². The van der Waals surface area contributed by atoms with Gasteiger partial charge in [0.1, 0.15) is 5.78 Å². The van der Waals surface area contributed by atoms with E-state index in [1.54, 1.807) is 0 Å². The van der Waals surface area contributed by atoms with E-state index in [9.17, 15) is 4.79 Å². The van der Waals surface area contributed by atoms with E-state index >= 15 is 0 Å². The third-order valence-electron chi connectivity index (χ3n) is 2.19. The van der Waals surface area contributed by atoms with E-state index in [1.165, 1.54) is 0 Å². The Morgan fingerprint density at radius 3 is 2.70 bits per heavy atom. The number of rotatable bonds is 2. The molecule has 58 valence electrons. The molecule has 0 spiro atoms. The highest BCUT2D eigenvalue weighted by Gasteiger charge is 2.24. The molecule has 0 aromatic rings. The van der Waals surface area contributed by atoms with Crippen molar-refractivity contribution in [1.29, 1.82) is 0 Å². The van der Waals surface area contributed by atoms with Crippen molar-refractivity contribution < 1.29 is 4.79 Å². The summed E-state index contributed by atoms with van der Waals surface area (Å²) in [5, 5.41) is 0. The highest BCUT2D eigenvalue weighted by atomic mass is 16.1. The Kier molecular flexibility index (Phi) is 2.47. The monoisotopic (exact) mass is 140 g/mol. The van der Waals surface area contributed by atoms with Crippen molar-refractivity contribution in [2.24, 2.45) is 11.8 Å². The zero-order valence-corrected chi connectivity index (χ0v) is 6.89. The number of carbonyl (C=O) groups excluding carboxylic acids is 1. The molecule has 0 aromatic heterocycles. The van der Waals surface area contributed by atoms with Gasteiger partial charge in [-0.2, -0.15) is 0 Å². The molecule has 1 aliphatic carbocycles. The third-order valence-corrected chi connectivity index (χ3v) is 2.19. The molecular formula is C9H16O. The number of hydrogen-bond acceptors (Lipinski definition) is 1. The molecule has 0 saturated heterocycles. The Hall–Kier alpha value is -0.330. The normalized spacial score (nSPS) is 26.3. The second-order valence-electron chi connectivity index (χ2n) is 3.69. The van der Waals surface area contributed by atoms with Crippen LogP contribution < -0.4 is 0 Å². The van der Waals surface area contributed by atoms with Crippen molar-refractivity contribution in [3.8, 4) is 0 Å². The molecule has 1 aliphatic rings. The van der Waals surface area contributed by atoms with Gasteiger partial charge in [-0.1, -0.05) is 13.8 Å². The van der Waals surface area contributed by atoms with Gasteiger partial charge in [-0.15, -0.1) is 0 Å². The van der Waals surface area contributed by atoms with Gasteiger partial charge in [0.2, 0.25) is 0 Å². The maximum Gasteiger partial charge on any atom is 0.135 e. The van der Waals surface area contributed by atoms with Crippen LogP contribution in [0.2, 0.25) is 0 Å². The summed E-state index contributed by atoms with van der Waals surface area (Å²) in [6, 6.07) is 0. The summed E-state index contributed by atoms with van der Waals surface area (Å²) in [5.74, 6) is 1.61. The summed E-state index contributed by atoms with van der Waals surface area (Å²) >= 11 is 0. The number of Topliss-reactive ketones (excluding diaryl/α,β-unsaturated/α-hetero) is 1. The number of hydrogen-bond donors (Lipinski definition) is 0. The smallest absolute Gasteiger partial charge is 0.135 e. The van der Waals surface area contributed by atoms with Gasteiger partial charge in [-0.25, -0.2) is 0 Å². The lowest BCUT2D eigenvalue weighted by Gasteiger charge is -2.09. The fourth-order valence-electron chi connectivity index (χ4n) is 1.71. The second kappa shape index (κ2) is 3.18. The molecule has 0 amide bonds. The van der Waals surface area contributed by atoms with Gasteiger partial charge in [0.05, 0.1) is 0 Å². The molecule has 0 N–H and O–H groups in total. The lowest BCUT2D eigenvalue weighted by atomic mass is 9.95. The minimum absolute atomic E-state index is 0.417. The molecule has 1 rings (SSSR count). The minimum atomic E-state index is 0.417. The van der Waals surface area contributed by atoms with E-state index in [2.05, 4.69) is 13.8 Å². The fraction of sp³-hybridized carbons (Fsp3) is 0.889. The highest BCUT2D eigenvalue weighted by Crippen LogP contribution is 2.26. The fourth-order valence-corrected chi connectivity index (χ4v) is 1.71. The summed E-state index contributed by atoms with van der Waals surface area (Å²) in [4.78, 5) is 11.1. The van der Waals surface area contributed by atoms with Crippen molar-refractivity contribution in [1.82, 2.24) is 0 Å². The Labute approximate surface area is 62.8 Å². The van der Waals surface area contributed by atoms with Gasteiger partial charge in [0.25, 0.3) is 0 Å². The Morgan fingerprint density at radius 2 is 2.30 bits per heavy atom. The van der Waals surface area contributed by atoms with E-state index in [1.807, 2.05) is 0 Å². The average Bonchev–Trinajstić information content (AvgIpc) is 2.15. The molecule has 0 aromatic carbocycles. The van der Waals surface area contributed by atoms with Crippen LogP contribution in [0.5, 0.6) is 0 Å². The molecular weight excluding hydrogens is 124 g/mol. The van der Waals surface area contributed by atoms with Crippen LogP contribution in [0.4, 0.5) is 0 Å². The van der Waals surface area contributed by atoms with Gasteiger partial charge in [0.15, 0.2) is 0 Å². The van der Waals surface area contributed by atoms with Gasteiger partial charge in [-0.05, 0) is 25.2 Å². The third kappa shape index (κ3) is 1.83. The Morgan fingerprint density at radius 1 is 1.60 bits per heavy atom. The first kappa shape index (κ1) is 7.77. The van der Waals surface area contributed by atoms with E-state index in [0.29, 0.717) is 17.6 Å². The molecule has 1 fully saturated rings. The first-order valence-corrected chi connectivity index (χ1v) is 4.23. The summed E-state index contributed by atoms with van der Waals surface area (Å²) < 4.78 is 0. The zero-order chi connectivity index (χ0) is 7.56. The molecule has 10 heavy (non-hydrogen) atoms. The summed E-state index contributed by atoms with van der Waals surface area (Å²) in [7, 11) is 0. The van der Waals surface area contributed by atoms with Crippen molar-refractivity contribution in [2.45, 2.75) is 39.5 Å². The molecule has 1 nitrogen and oxygen atoms in total. The lowest BCUT2D eigenvalue weighted by molar-refractivity contribution is -0.121. The molecule has 1 heteroatoms. The quantitative estimate of drug-likeness (QED) is 0.575. The molecule has 0 aliphatic heterocycles. The van der Waals surface area contributed by atoms with Crippen molar-refractivity contribution in [2.75, 3.05) is 0 Å². The Balaban J connectivity index is 2.33. The van der Waals surface area contributed by atoms with Crippen LogP contribution in [0, 0.1) is 11.8 Å². The predicted octanol–water partition coefficient (Wildman–Crippen LogP) is 2.40. The molecule has 0 bridgehead atoms. The van der Waals surface area contributed by atoms with Crippen LogP contribution in [-0.2, 0) is 4.79 Å². The summed E-state index contributed by atoms with van der Waals surface area (Å²) in [5.41, 5.74) is 0. The first-order valence-electron chi connectivity index (χ1n) is 4.23. The second-order valence-corrected chi connectivity index (χ2v) is 3.69. The molecule has 1 saturated carbocycles. The highest BCUT2D eigenvalue weighted by molar-refractivity contribution is 5.82. The zero-order valence-electron chi connectivity index (χ0n) is 6.89. The van der Waals surface area contributed by atoms with Gasteiger partial charge < -0.3 is 0 Å². The van der Waals surface area contributed by atoms with Crippen LogP contribution >= 0.6 is 0 Å². The Bertz CT molecular complexity index is 127. The molecule has 0 heterocycles. The van der Waals surface area contributed by atoms with Crippen molar-refractivity contribution >= 4 is 5.78 Å². The summed E-state index contributed by atoms with van der Waals surface area (Å²) in [6.07, 6.45) is 4.24. The minimum Gasteiger partial charge on any atom is -0.299 e. The van der Waals surface area contributed by atoms with Gasteiger partial charge >= 0.3 is 0 Å². The maximum atomic E-state index is 11.1. The topological polar surface area (TPSA) is 17.1 Å².